The SMILES string of the molecule is O=C(C[NH+]1CCc2ccccc2C1)Nc1ccc2[nH]c(=O)[nH]c2c1. The van der Waals surface area contributed by atoms with Gasteiger partial charge < -0.3 is 20.2 Å². The van der Waals surface area contributed by atoms with E-state index in [1.165, 1.54) is 16.0 Å². The molecule has 3 aromatic rings. The second kappa shape index (κ2) is 5.98. The molecule has 6 nitrogen and oxygen atoms in total. The molecular weight excluding hydrogens is 304 g/mol. The molecule has 1 aromatic heterocycles. The maximum Gasteiger partial charge on any atom is 0.323 e. The molecule has 1 unspecified atom stereocenters. The smallest absolute Gasteiger partial charge is 0.323 e. The molecule has 2 heterocycles. The number of nitrogens with one attached hydrogen (secondary N) is 4. The predicted molar refractivity (Wildman–Crippen MR) is 92.1 cm³/mol. The molecule has 0 spiro atoms. The van der Waals surface area contributed by atoms with Gasteiger partial charge in [-0.3, -0.25) is 4.79 Å². The molecule has 0 saturated carbocycles. The Kier molecular flexibility index (Phi) is 3.66. The fraction of sp³-hybridized carbons (Fsp3) is 0.222. The molecule has 122 valence electrons. The first-order chi connectivity index (χ1) is 11.7. The van der Waals surface area contributed by atoms with Crippen molar-refractivity contribution in [2.45, 2.75) is 13.0 Å². The Balaban J connectivity index is 1.42. The van der Waals surface area contributed by atoms with Crippen LogP contribution in [0.15, 0.2) is 47.3 Å². The van der Waals surface area contributed by atoms with Gasteiger partial charge >= 0.3 is 5.69 Å². The number of hydrogen-bond donors (Lipinski definition) is 4. The van der Waals surface area contributed by atoms with Crippen LogP contribution in [0.25, 0.3) is 11.0 Å². The Morgan fingerprint density at radius 1 is 1.08 bits per heavy atom. The zero-order valence-electron chi connectivity index (χ0n) is 13.2. The summed E-state index contributed by atoms with van der Waals surface area (Å²) in [6, 6.07) is 13.8. The van der Waals surface area contributed by atoms with E-state index in [2.05, 4.69) is 39.6 Å². The number of benzene rings is 2. The zero-order valence-corrected chi connectivity index (χ0v) is 13.2. The van der Waals surface area contributed by atoms with Crippen molar-refractivity contribution < 1.29 is 9.69 Å². The van der Waals surface area contributed by atoms with Gasteiger partial charge in [0.2, 0.25) is 0 Å². The fourth-order valence-electron chi connectivity index (χ4n) is 3.34. The van der Waals surface area contributed by atoms with Gasteiger partial charge in [-0.1, -0.05) is 24.3 Å². The van der Waals surface area contributed by atoms with E-state index in [9.17, 15) is 9.59 Å². The number of amides is 1. The third-order valence-electron chi connectivity index (χ3n) is 4.52. The van der Waals surface area contributed by atoms with Crippen molar-refractivity contribution in [3.8, 4) is 0 Å². The minimum absolute atomic E-state index is 0.0124. The summed E-state index contributed by atoms with van der Waals surface area (Å²) in [6.45, 7) is 2.29. The van der Waals surface area contributed by atoms with Crippen LogP contribution in [0.2, 0.25) is 0 Å². The first-order valence-electron chi connectivity index (χ1n) is 8.09. The van der Waals surface area contributed by atoms with E-state index in [0.717, 1.165) is 25.0 Å². The van der Waals surface area contributed by atoms with Gasteiger partial charge in [-0.2, -0.15) is 0 Å². The number of imidazole rings is 1. The lowest BCUT2D eigenvalue weighted by atomic mass is 10.00. The first-order valence-corrected chi connectivity index (χ1v) is 8.09. The molecule has 1 aliphatic rings. The van der Waals surface area contributed by atoms with E-state index < -0.39 is 0 Å². The molecule has 2 aromatic carbocycles. The van der Waals surface area contributed by atoms with Gasteiger partial charge in [-0.25, -0.2) is 4.79 Å². The van der Waals surface area contributed by atoms with Gasteiger partial charge in [0.25, 0.3) is 5.91 Å². The van der Waals surface area contributed by atoms with Crippen molar-refractivity contribution >= 4 is 22.6 Å². The van der Waals surface area contributed by atoms with Gasteiger partial charge in [-0.05, 0) is 23.8 Å². The minimum atomic E-state index is -0.245. The van der Waals surface area contributed by atoms with Crippen molar-refractivity contribution in [3.05, 3.63) is 64.1 Å². The number of carbonyl (C=O) groups is 1. The Bertz CT molecular complexity index is 957. The zero-order chi connectivity index (χ0) is 16.5. The van der Waals surface area contributed by atoms with Crippen LogP contribution in [-0.4, -0.2) is 29.0 Å². The standard InChI is InChI=1S/C18H18N4O2/c23-17(11-22-8-7-12-3-1-2-4-13(12)10-22)19-14-5-6-15-16(9-14)21-18(24)20-15/h1-6,9H,7-8,10-11H2,(H,19,23)(H2,20,21,24)/p+1. The molecule has 0 bridgehead atoms. The Labute approximate surface area is 138 Å². The summed E-state index contributed by atoms with van der Waals surface area (Å²) in [5.41, 5.74) is 4.60. The van der Waals surface area contributed by atoms with Gasteiger partial charge in [0.05, 0.1) is 17.6 Å². The van der Waals surface area contributed by atoms with Crippen molar-refractivity contribution in [1.29, 1.82) is 0 Å². The normalized spacial score (nSPS) is 16.8. The Morgan fingerprint density at radius 3 is 2.75 bits per heavy atom. The van der Waals surface area contributed by atoms with E-state index in [0.29, 0.717) is 17.7 Å². The van der Waals surface area contributed by atoms with E-state index >= 15 is 0 Å². The largest absolute Gasteiger partial charge is 0.323 e. The highest BCUT2D eigenvalue weighted by Crippen LogP contribution is 2.14. The number of quaternary nitrogens is 1. The fourth-order valence-corrected chi connectivity index (χ4v) is 3.34. The summed E-state index contributed by atoms with van der Waals surface area (Å²) >= 11 is 0. The molecular formula is C18H19N4O2+. The van der Waals surface area contributed by atoms with Crippen LogP contribution >= 0.6 is 0 Å². The topological polar surface area (TPSA) is 82.2 Å². The number of aromatic nitrogens is 2. The molecule has 1 amide bonds. The molecule has 4 rings (SSSR count). The van der Waals surface area contributed by atoms with Gasteiger partial charge in [-0.15, -0.1) is 0 Å². The van der Waals surface area contributed by atoms with Crippen LogP contribution in [0.3, 0.4) is 0 Å². The Morgan fingerprint density at radius 2 is 1.88 bits per heavy atom. The lowest BCUT2D eigenvalue weighted by molar-refractivity contribution is -0.907. The van der Waals surface area contributed by atoms with Crippen molar-refractivity contribution in [2.75, 3.05) is 18.4 Å². The molecule has 24 heavy (non-hydrogen) atoms. The number of anilines is 1. The van der Waals surface area contributed by atoms with E-state index in [-0.39, 0.29) is 11.6 Å². The number of fused-ring (bicyclic) bond motifs is 2. The van der Waals surface area contributed by atoms with Crippen molar-refractivity contribution in [1.82, 2.24) is 9.97 Å². The highest BCUT2D eigenvalue weighted by atomic mass is 16.2. The predicted octanol–water partition coefficient (Wildman–Crippen LogP) is 0.436. The lowest BCUT2D eigenvalue weighted by Gasteiger charge is -2.25. The molecule has 6 heteroatoms. The monoisotopic (exact) mass is 323 g/mol. The van der Waals surface area contributed by atoms with Crippen LogP contribution in [0.5, 0.6) is 0 Å². The number of carbonyl (C=O) groups excluding carboxylic acids is 1. The van der Waals surface area contributed by atoms with Crippen LogP contribution < -0.4 is 15.9 Å². The summed E-state index contributed by atoms with van der Waals surface area (Å²) in [5, 5.41) is 2.92. The lowest BCUT2D eigenvalue weighted by Crippen LogP contribution is -3.12. The first kappa shape index (κ1) is 14.7. The van der Waals surface area contributed by atoms with Crippen molar-refractivity contribution in [3.63, 3.8) is 0 Å². The number of H-pyrrole nitrogens is 2. The van der Waals surface area contributed by atoms with Crippen LogP contribution in [0.4, 0.5) is 5.69 Å². The Hall–Kier alpha value is -2.86. The van der Waals surface area contributed by atoms with Gasteiger partial charge in [0, 0.05) is 17.7 Å². The molecule has 0 fully saturated rings. The summed E-state index contributed by atoms with van der Waals surface area (Å²) < 4.78 is 0. The van der Waals surface area contributed by atoms with Gasteiger partial charge in [0.1, 0.15) is 6.54 Å². The average molecular weight is 323 g/mol. The quantitative estimate of drug-likeness (QED) is 0.564. The molecule has 1 atom stereocenters. The maximum absolute atomic E-state index is 12.3. The maximum atomic E-state index is 12.3. The second-order valence-corrected chi connectivity index (χ2v) is 6.26. The van der Waals surface area contributed by atoms with Crippen LogP contribution in [-0.2, 0) is 17.8 Å². The van der Waals surface area contributed by atoms with E-state index in [4.69, 9.17) is 0 Å². The summed E-state index contributed by atoms with van der Waals surface area (Å²) in [4.78, 5) is 30.3. The van der Waals surface area contributed by atoms with Crippen LogP contribution in [0, 0.1) is 0 Å². The molecule has 0 radical (unpaired) electrons. The van der Waals surface area contributed by atoms with E-state index in [1.807, 2.05) is 0 Å². The molecule has 1 aliphatic heterocycles. The molecule has 0 aliphatic carbocycles. The van der Waals surface area contributed by atoms with Crippen LogP contribution in [0.1, 0.15) is 11.1 Å². The summed E-state index contributed by atoms with van der Waals surface area (Å²) in [5.74, 6) is -0.0124. The highest BCUT2D eigenvalue weighted by Gasteiger charge is 2.21. The third-order valence-corrected chi connectivity index (χ3v) is 4.52. The molecule has 4 N–H and O–H groups in total. The highest BCUT2D eigenvalue weighted by molar-refractivity contribution is 5.93. The number of rotatable bonds is 3. The van der Waals surface area contributed by atoms with Crippen molar-refractivity contribution in [2.24, 2.45) is 0 Å². The third kappa shape index (κ3) is 2.96. The number of hydrogen-bond acceptors (Lipinski definition) is 2. The summed E-state index contributed by atoms with van der Waals surface area (Å²) in [7, 11) is 0. The second-order valence-electron chi connectivity index (χ2n) is 6.26. The minimum Gasteiger partial charge on any atom is -0.323 e. The summed E-state index contributed by atoms with van der Waals surface area (Å²) in [6.07, 6.45) is 1.01. The average Bonchev–Trinajstić information content (AvgIpc) is 2.94. The number of aromatic amines is 2. The molecule has 0 saturated heterocycles. The van der Waals surface area contributed by atoms with E-state index in [1.54, 1.807) is 18.2 Å². The van der Waals surface area contributed by atoms with Gasteiger partial charge in [0.15, 0.2) is 6.54 Å².